The van der Waals surface area contributed by atoms with Crippen LogP contribution in [0.1, 0.15) is 30.5 Å². The van der Waals surface area contributed by atoms with Gasteiger partial charge in [-0.15, -0.1) is 0 Å². The Morgan fingerprint density at radius 3 is 2.06 bits per heavy atom. The van der Waals surface area contributed by atoms with Gasteiger partial charge >= 0.3 is 0 Å². The number of hydrogen-bond donors (Lipinski definition) is 3. The lowest BCUT2D eigenvalue weighted by Crippen LogP contribution is -2.62. The van der Waals surface area contributed by atoms with E-state index >= 15 is 0 Å². The van der Waals surface area contributed by atoms with Crippen molar-refractivity contribution in [3.8, 4) is 5.75 Å². The third kappa shape index (κ3) is 7.66. The molecule has 0 saturated carbocycles. The van der Waals surface area contributed by atoms with Gasteiger partial charge in [0.25, 0.3) is 0 Å². The molecule has 3 atom stereocenters. The smallest absolute Gasteiger partial charge is 0.246 e. The van der Waals surface area contributed by atoms with Crippen molar-refractivity contribution in [2.75, 3.05) is 7.11 Å². The summed E-state index contributed by atoms with van der Waals surface area (Å²) < 4.78 is 11.1. The summed E-state index contributed by atoms with van der Waals surface area (Å²) in [5.41, 5.74) is 7.82. The maximum absolute atomic E-state index is 13.4. The fourth-order valence-electron chi connectivity index (χ4n) is 3.78. The highest BCUT2D eigenvalue weighted by Gasteiger charge is 2.37. The van der Waals surface area contributed by atoms with E-state index in [-0.39, 0.29) is 12.3 Å². The highest BCUT2D eigenvalue weighted by Crippen LogP contribution is 2.19. The van der Waals surface area contributed by atoms with Crippen LogP contribution in [0, 0.1) is 0 Å². The lowest BCUT2D eigenvalue weighted by atomic mass is 9.90. The number of hydrogen-bond acceptors (Lipinski definition) is 5. The molecule has 0 aliphatic carbocycles. The monoisotopic (exact) mass is 489 g/mol. The molecule has 2 unspecified atom stereocenters. The van der Waals surface area contributed by atoms with Gasteiger partial charge in [0, 0.05) is 13.0 Å². The minimum absolute atomic E-state index is 0.273. The summed E-state index contributed by atoms with van der Waals surface area (Å²) in [4.78, 5) is 26.5. The SMILES string of the molecule is COc1ccc(CC(C)(NC(=O)[C@@H](N)C(C)OCc2ccccc2)C(=O)NCc2ccccc2)cc1. The lowest BCUT2D eigenvalue weighted by Gasteiger charge is -2.32. The highest BCUT2D eigenvalue weighted by molar-refractivity contribution is 5.93. The van der Waals surface area contributed by atoms with Gasteiger partial charge in [0.05, 0.1) is 19.8 Å². The maximum atomic E-state index is 13.4. The normalized spacial score (nSPS) is 14.2. The highest BCUT2D eigenvalue weighted by atomic mass is 16.5. The Kier molecular flexibility index (Phi) is 9.61. The van der Waals surface area contributed by atoms with E-state index in [2.05, 4.69) is 10.6 Å². The Bertz CT molecular complexity index is 1110. The van der Waals surface area contributed by atoms with Crippen molar-refractivity contribution in [3.05, 3.63) is 102 Å². The molecule has 7 heteroatoms. The zero-order chi connectivity index (χ0) is 26.0. The second-order valence-electron chi connectivity index (χ2n) is 9.04. The van der Waals surface area contributed by atoms with Crippen LogP contribution in [0.5, 0.6) is 5.75 Å². The molecule has 190 valence electrons. The number of rotatable bonds is 12. The molecule has 3 aromatic carbocycles. The summed E-state index contributed by atoms with van der Waals surface area (Å²) in [6, 6.07) is 25.7. The van der Waals surface area contributed by atoms with Crippen LogP contribution in [0.2, 0.25) is 0 Å². The fraction of sp³-hybridized carbons (Fsp3) is 0.310. The van der Waals surface area contributed by atoms with Crippen LogP contribution in [-0.4, -0.2) is 36.6 Å². The quantitative estimate of drug-likeness (QED) is 0.362. The standard InChI is InChI=1S/C29H35N3O4/c1-21(36-20-24-12-8-5-9-13-24)26(30)27(33)32-29(2,18-22-14-16-25(35-3)17-15-22)28(34)31-19-23-10-6-4-7-11-23/h4-17,21,26H,18-20,30H2,1-3H3,(H,31,34)(H,32,33)/t21?,26-,29?/m0/s1. The first-order valence-electron chi connectivity index (χ1n) is 12.0. The predicted molar refractivity (Wildman–Crippen MR) is 140 cm³/mol. The number of carbonyl (C=O) groups excluding carboxylic acids is 2. The molecule has 0 aromatic heterocycles. The largest absolute Gasteiger partial charge is 0.497 e. The summed E-state index contributed by atoms with van der Waals surface area (Å²) in [6.07, 6.45) is -0.280. The topological polar surface area (TPSA) is 103 Å². The predicted octanol–water partition coefficient (Wildman–Crippen LogP) is 3.36. The number of carbonyl (C=O) groups is 2. The van der Waals surface area contributed by atoms with Gasteiger partial charge in [0.15, 0.2) is 0 Å². The van der Waals surface area contributed by atoms with Crippen molar-refractivity contribution in [2.24, 2.45) is 5.73 Å². The first-order valence-corrected chi connectivity index (χ1v) is 12.0. The van der Waals surface area contributed by atoms with Gasteiger partial charge in [0.1, 0.15) is 17.3 Å². The van der Waals surface area contributed by atoms with Crippen molar-refractivity contribution in [1.82, 2.24) is 10.6 Å². The number of nitrogens with one attached hydrogen (secondary N) is 2. The van der Waals surface area contributed by atoms with Gasteiger partial charge in [-0.05, 0) is 42.7 Å². The van der Waals surface area contributed by atoms with E-state index in [1.54, 1.807) is 21.0 Å². The molecule has 0 aliphatic heterocycles. The van der Waals surface area contributed by atoms with E-state index in [9.17, 15) is 9.59 Å². The molecule has 36 heavy (non-hydrogen) atoms. The Morgan fingerprint density at radius 1 is 0.889 bits per heavy atom. The summed E-state index contributed by atoms with van der Waals surface area (Å²) in [5.74, 6) is -0.0496. The minimum Gasteiger partial charge on any atom is -0.497 e. The van der Waals surface area contributed by atoms with Crippen molar-refractivity contribution in [1.29, 1.82) is 0 Å². The molecule has 4 N–H and O–H groups in total. The molecule has 0 heterocycles. The number of ether oxygens (including phenoxy) is 2. The Hall–Kier alpha value is -3.68. The van der Waals surface area contributed by atoms with Crippen molar-refractivity contribution < 1.29 is 19.1 Å². The number of benzene rings is 3. The van der Waals surface area contributed by atoms with E-state index < -0.39 is 23.6 Å². The van der Waals surface area contributed by atoms with Crippen LogP contribution < -0.4 is 21.1 Å². The van der Waals surface area contributed by atoms with Gasteiger partial charge in [0.2, 0.25) is 11.8 Å². The Labute approximate surface area is 213 Å². The zero-order valence-corrected chi connectivity index (χ0v) is 21.1. The van der Waals surface area contributed by atoms with Gasteiger partial charge < -0.3 is 25.8 Å². The first kappa shape index (κ1) is 26.9. The second kappa shape index (κ2) is 12.9. The molecule has 0 aliphatic rings. The summed E-state index contributed by atoms with van der Waals surface area (Å²) in [6.45, 7) is 4.14. The Balaban J connectivity index is 1.70. The molecular weight excluding hydrogens is 454 g/mol. The van der Waals surface area contributed by atoms with Gasteiger partial charge in [-0.25, -0.2) is 0 Å². The number of methoxy groups -OCH3 is 1. The van der Waals surface area contributed by atoms with E-state index in [4.69, 9.17) is 15.2 Å². The molecule has 2 amide bonds. The summed E-state index contributed by atoms with van der Waals surface area (Å²) in [5, 5.41) is 5.85. The third-order valence-corrected chi connectivity index (χ3v) is 6.08. The van der Waals surface area contributed by atoms with Crippen molar-refractivity contribution >= 4 is 11.8 Å². The molecule has 3 aromatic rings. The molecule has 0 fully saturated rings. The maximum Gasteiger partial charge on any atom is 0.246 e. The molecular formula is C29H35N3O4. The van der Waals surface area contributed by atoms with E-state index in [0.29, 0.717) is 18.9 Å². The molecule has 7 nitrogen and oxygen atoms in total. The average molecular weight is 490 g/mol. The van der Waals surface area contributed by atoms with Crippen molar-refractivity contribution in [2.45, 2.75) is 51.1 Å². The van der Waals surface area contributed by atoms with E-state index in [0.717, 1.165) is 16.7 Å². The van der Waals surface area contributed by atoms with Gasteiger partial charge in [-0.3, -0.25) is 9.59 Å². The third-order valence-electron chi connectivity index (χ3n) is 6.08. The Morgan fingerprint density at radius 2 is 1.47 bits per heavy atom. The van der Waals surface area contributed by atoms with Gasteiger partial charge in [-0.1, -0.05) is 72.8 Å². The van der Waals surface area contributed by atoms with Crippen LogP contribution >= 0.6 is 0 Å². The van der Waals surface area contributed by atoms with Crippen molar-refractivity contribution in [3.63, 3.8) is 0 Å². The van der Waals surface area contributed by atoms with Crippen LogP contribution in [-0.2, 0) is 33.9 Å². The zero-order valence-electron chi connectivity index (χ0n) is 21.1. The first-order chi connectivity index (χ1) is 17.3. The summed E-state index contributed by atoms with van der Waals surface area (Å²) >= 11 is 0. The van der Waals surface area contributed by atoms with E-state index in [1.165, 1.54) is 0 Å². The molecule has 0 spiro atoms. The van der Waals surface area contributed by atoms with Crippen LogP contribution in [0.4, 0.5) is 0 Å². The lowest BCUT2D eigenvalue weighted by molar-refractivity contribution is -0.135. The van der Waals surface area contributed by atoms with Gasteiger partial charge in [-0.2, -0.15) is 0 Å². The van der Waals surface area contributed by atoms with E-state index in [1.807, 2.05) is 84.9 Å². The summed E-state index contributed by atoms with van der Waals surface area (Å²) in [7, 11) is 1.60. The molecule has 3 rings (SSSR count). The average Bonchev–Trinajstić information content (AvgIpc) is 2.91. The van der Waals surface area contributed by atoms with Crippen LogP contribution in [0.15, 0.2) is 84.9 Å². The minimum atomic E-state index is -1.24. The molecule has 0 radical (unpaired) electrons. The second-order valence-corrected chi connectivity index (χ2v) is 9.04. The van der Waals surface area contributed by atoms with Crippen LogP contribution in [0.3, 0.4) is 0 Å². The number of nitrogens with two attached hydrogens (primary N) is 1. The molecule has 0 bridgehead atoms. The molecule has 0 saturated heterocycles. The fourth-order valence-corrected chi connectivity index (χ4v) is 3.78. The van der Waals surface area contributed by atoms with Crippen LogP contribution in [0.25, 0.3) is 0 Å². The number of amides is 2.